The summed E-state index contributed by atoms with van der Waals surface area (Å²) in [7, 11) is 0. The summed E-state index contributed by atoms with van der Waals surface area (Å²) in [5.41, 5.74) is 1.84. The molecule has 4 heteroatoms. The largest absolute Gasteiger partial charge is 0.309 e. The molecule has 0 N–H and O–H groups in total. The van der Waals surface area contributed by atoms with Crippen LogP contribution in [0.3, 0.4) is 0 Å². The van der Waals surface area contributed by atoms with Gasteiger partial charge >= 0.3 is 0 Å². The third-order valence-corrected chi connectivity index (χ3v) is 3.07. The molecule has 15 heavy (non-hydrogen) atoms. The Labute approximate surface area is 98.8 Å². The molecule has 1 heterocycles. The van der Waals surface area contributed by atoms with Gasteiger partial charge in [-0.2, -0.15) is 0 Å². The second-order valence-electron chi connectivity index (χ2n) is 3.76. The molecule has 2 nitrogen and oxygen atoms in total. The topological polar surface area (TPSA) is 20.3 Å². The van der Waals surface area contributed by atoms with E-state index in [4.69, 9.17) is 23.2 Å². The zero-order valence-electron chi connectivity index (χ0n) is 8.34. The molecule has 0 radical (unpaired) electrons. The van der Waals surface area contributed by atoms with E-state index in [2.05, 4.69) is 0 Å². The number of rotatable bonds is 1. The second-order valence-corrected chi connectivity index (χ2v) is 4.79. The van der Waals surface area contributed by atoms with Gasteiger partial charge in [-0.15, -0.1) is 11.6 Å². The third kappa shape index (κ3) is 2.11. The minimum absolute atomic E-state index is 0.0424. The maximum Gasteiger partial charge on any atom is 0.228 e. The van der Waals surface area contributed by atoms with Crippen molar-refractivity contribution < 1.29 is 4.79 Å². The summed E-state index contributed by atoms with van der Waals surface area (Å²) in [5.74, 6) is 0.0424. The zero-order valence-corrected chi connectivity index (χ0v) is 9.85. The predicted octanol–water partition coefficient (Wildman–Crippen LogP) is 2.99. The van der Waals surface area contributed by atoms with Crippen molar-refractivity contribution in [3.05, 3.63) is 28.8 Å². The van der Waals surface area contributed by atoms with Crippen LogP contribution < -0.4 is 4.90 Å². The van der Waals surface area contributed by atoms with Gasteiger partial charge in [0.25, 0.3) is 0 Å². The highest BCUT2D eigenvalue weighted by Gasteiger charge is 2.30. The SMILES string of the molecule is Cc1ccc(N2CC(Cl)CC2=O)c(Cl)c1. The number of aryl methyl sites for hydroxylation is 1. The molecule has 0 aliphatic carbocycles. The van der Waals surface area contributed by atoms with Crippen LogP contribution in [0.2, 0.25) is 5.02 Å². The van der Waals surface area contributed by atoms with E-state index in [1.165, 1.54) is 0 Å². The highest BCUT2D eigenvalue weighted by molar-refractivity contribution is 6.34. The van der Waals surface area contributed by atoms with E-state index in [0.717, 1.165) is 11.3 Å². The second kappa shape index (κ2) is 4.03. The van der Waals surface area contributed by atoms with Crippen molar-refractivity contribution in [3.63, 3.8) is 0 Å². The molecule has 1 unspecified atom stereocenters. The monoisotopic (exact) mass is 243 g/mol. The summed E-state index contributed by atoms with van der Waals surface area (Å²) in [4.78, 5) is 13.3. The molecule has 1 fully saturated rings. The van der Waals surface area contributed by atoms with E-state index in [0.29, 0.717) is 18.0 Å². The Balaban J connectivity index is 2.34. The van der Waals surface area contributed by atoms with Gasteiger partial charge in [-0.05, 0) is 24.6 Å². The Bertz CT molecular complexity index is 406. The Hall–Kier alpha value is -0.730. The summed E-state index contributed by atoms with van der Waals surface area (Å²) >= 11 is 12.0. The normalized spacial score (nSPS) is 21.1. The highest BCUT2D eigenvalue weighted by Crippen LogP contribution is 2.31. The molecule has 1 aromatic rings. The number of nitrogens with zero attached hydrogens (tertiary/aromatic N) is 1. The molecule has 0 spiro atoms. The van der Waals surface area contributed by atoms with Crippen molar-refractivity contribution in [1.82, 2.24) is 0 Å². The average Bonchev–Trinajstić information content (AvgIpc) is 2.45. The standard InChI is InChI=1S/C11H11Cl2NO/c1-7-2-3-10(9(13)4-7)14-6-8(12)5-11(14)15/h2-4,8H,5-6H2,1H3. The zero-order chi connectivity index (χ0) is 11.0. The maximum atomic E-state index is 11.6. The first kappa shape index (κ1) is 10.8. The number of anilines is 1. The lowest BCUT2D eigenvalue weighted by Crippen LogP contribution is -2.24. The molecule has 1 aliphatic heterocycles. The fraction of sp³-hybridized carbons (Fsp3) is 0.364. The molecular weight excluding hydrogens is 233 g/mol. The van der Waals surface area contributed by atoms with E-state index in [1.807, 2.05) is 25.1 Å². The number of halogens is 2. The Morgan fingerprint density at radius 1 is 1.47 bits per heavy atom. The van der Waals surface area contributed by atoms with Crippen molar-refractivity contribution in [2.75, 3.05) is 11.4 Å². The molecule has 0 aromatic heterocycles. The number of benzene rings is 1. The first-order valence-corrected chi connectivity index (χ1v) is 5.60. The number of alkyl halides is 1. The van der Waals surface area contributed by atoms with Gasteiger partial charge in [0.1, 0.15) is 0 Å². The van der Waals surface area contributed by atoms with Crippen molar-refractivity contribution in [2.24, 2.45) is 0 Å². The van der Waals surface area contributed by atoms with Gasteiger partial charge in [0, 0.05) is 13.0 Å². The number of hydrogen-bond acceptors (Lipinski definition) is 1. The first-order chi connectivity index (χ1) is 7.08. The number of carbonyl (C=O) groups is 1. The summed E-state index contributed by atoms with van der Waals surface area (Å²) < 4.78 is 0. The smallest absolute Gasteiger partial charge is 0.228 e. The molecule has 80 valence electrons. The van der Waals surface area contributed by atoms with Crippen LogP contribution in [0.1, 0.15) is 12.0 Å². The van der Waals surface area contributed by atoms with Crippen LogP contribution >= 0.6 is 23.2 Å². The molecule has 0 bridgehead atoms. The predicted molar refractivity (Wildman–Crippen MR) is 62.8 cm³/mol. The number of hydrogen-bond donors (Lipinski definition) is 0. The molecular formula is C11H11Cl2NO. The van der Waals surface area contributed by atoms with Crippen molar-refractivity contribution in [3.8, 4) is 0 Å². The van der Waals surface area contributed by atoms with E-state index >= 15 is 0 Å². The molecule has 2 rings (SSSR count). The summed E-state index contributed by atoms with van der Waals surface area (Å²) in [6, 6.07) is 5.66. The Morgan fingerprint density at radius 3 is 2.73 bits per heavy atom. The Kier molecular flexibility index (Phi) is 2.89. The van der Waals surface area contributed by atoms with Crippen LogP contribution in [0, 0.1) is 6.92 Å². The van der Waals surface area contributed by atoms with Gasteiger partial charge in [-0.25, -0.2) is 0 Å². The van der Waals surface area contributed by atoms with E-state index < -0.39 is 0 Å². The van der Waals surface area contributed by atoms with Gasteiger partial charge in [0.05, 0.1) is 16.1 Å². The fourth-order valence-electron chi connectivity index (χ4n) is 1.73. The third-order valence-electron chi connectivity index (χ3n) is 2.47. The van der Waals surface area contributed by atoms with Crippen LogP contribution in [-0.2, 0) is 4.79 Å². The molecule has 1 aliphatic rings. The van der Waals surface area contributed by atoms with Crippen LogP contribution in [0.15, 0.2) is 18.2 Å². The van der Waals surface area contributed by atoms with Gasteiger partial charge in [-0.3, -0.25) is 4.79 Å². The van der Waals surface area contributed by atoms with Crippen LogP contribution in [0.4, 0.5) is 5.69 Å². The van der Waals surface area contributed by atoms with Crippen molar-refractivity contribution >= 4 is 34.8 Å². The van der Waals surface area contributed by atoms with E-state index in [9.17, 15) is 4.79 Å². The maximum absolute atomic E-state index is 11.6. The highest BCUT2D eigenvalue weighted by atomic mass is 35.5. The Morgan fingerprint density at radius 2 is 2.20 bits per heavy atom. The fourth-order valence-corrected chi connectivity index (χ4v) is 2.33. The molecule has 1 amide bonds. The van der Waals surface area contributed by atoms with E-state index in [-0.39, 0.29) is 11.3 Å². The first-order valence-electron chi connectivity index (χ1n) is 4.78. The quantitative estimate of drug-likeness (QED) is 0.695. The number of carbonyl (C=O) groups excluding carboxylic acids is 1. The summed E-state index contributed by atoms with van der Waals surface area (Å²) in [6.07, 6.45) is 0.395. The van der Waals surface area contributed by atoms with Crippen LogP contribution in [0.5, 0.6) is 0 Å². The lowest BCUT2D eigenvalue weighted by molar-refractivity contribution is -0.117. The average molecular weight is 244 g/mol. The van der Waals surface area contributed by atoms with Crippen LogP contribution in [-0.4, -0.2) is 17.8 Å². The minimum Gasteiger partial charge on any atom is -0.309 e. The lowest BCUT2D eigenvalue weighted by atomic mass is 10.2. The van der Waals surface area contributed by atoms with Gasteiger partial charge < -0.3 is 4.90 Å². The molecule has 0 saturated carbocycles. The van der Waals surface area contributed by atoms with Gasteiger partial charge in [-0.1, -0.05) is 17.7 Å². The van der Waals surface area contributed by atoms with Crippen LogP contribution in [0.25, 0.3) is 0 Å². The lowest BCUT2D eigenvalue weighted by Gasteiger charge is -2.17. The minimum atomic E-state index is -0.102. The molecule has 1 aromatic carbocycles. The van der Waals surface area contributed by atoms with Gasteiger partial charge in [0.15, 0.2) is 0 Å². The molecule has 1 atom stereocenters. The van der Waals surface area contributed by atoms with Crippen molar-refractivity contribution in [2.45, 2.75) is 18.7 Å². The molecule has 1 saturated heterocycles. The van der Waals surface area contributed by atoms with Gasteiger partial charge in [0.2, 0.25) is 5.91 Å². The summed E-state index contributed by atoms with van der Waals surface area (Å²) in [6.45, 7) is 2.51. The number of amides is 1. The summed E-state index contributed by atoms with van der Waals surface area (Å²) in [5, 5.41) is 0.504. The van der Waals surface area contributed by atoms with E-state index in [1.54, 1.807) is 4.90 Å². The van der Waals surface area contributed by atoms with Crippen molar-refractivity contribution in [1.29, 1.82) is 0 Å².